The summed E-state index contributed by atoms with van der Waals surface area (Å²) in [5.41, 5.74) is 3.56. The molecule has 0 atom stereocenters. The lowest BCUT2D eigenvalue weighted by atomic mass is 10.3. The molecule has 0 saturated carbocycles. The minimum atomic E-state index is -0.301. The number of nitrogens with one attached hydrogen (secondary N) is 2. The number of nitrogens with zero attached hydrogens (tertiary/aromatic N) is 1. The number of amides is 1. The Morgan fingerprint density at radius 3 is 3.00 bits per heavy atom. The zero-order valence-electron chi connectivity index (χ0n) is 6.95. The summed E-state index contributed by atoms with van der Waals surface area (Å²) in [7, 11) is 0. The van der Waals surface area contributed by atoms with Crippen LogP contribution in [-0.4, -0.2) is 10.9 Å². The number of rotatable bonds is 3. The van der Waals surface area contributed by atoms with Crippen molar-refractivity contribution in [2.24, 2.45) is 5.84 Å². The summed E-state index contributed by atoms with van der Waals surface area (Å²) >= 11 is 0. The summed E-state index contributed by atoms with van der Waals surface area (Å²) in [5.74, 6) is 4.91. The van der Waals surface area contributed by atoms with E-state index >= 15 is 0 Å². The third-order valence-electron chi connectivity index (χ3n) is 1.42. The first kappa shape index (κ1) is 9.21. The highest BCUT2D eigenvalue weighted by Crippen LogP contribution is 2.17. The predicted molar refractivity (Wildman–Crippen MR) is 50.9 cm³/mol. The molecular formula is C8H10N4O. The molecule has 4 N–H and O–H groups in total. The van der Waals surface area contributed by atoms with Crippen molar-refractivity contribution in [3.8, 4) is 0 Å². The SMILES string of the molecule is C=CC(=O)Nc1cnccc1NN. The van der Waals surface area contributed by atoms with Gasteiger partial charge >= 0.3 is 0 Å². The van der Waals surface area contributed by atoms with Gasteiger partial charge in [0.2, 0.25) is 5.91 Å². The lowest BCUT2D eigenvalue weighted by molar-refractivity contribution is -0.111. The lowest BCUT2D eigenvalue weighted by Crippen LogP contribution is -2.13. The van der Waals surface area contributed by atoms with E-state index in [1.54, 1.807) is 12.3 Å². The Balaban J connectivity index is 2.86. The Morgan fingerprint density at radius 1 is 1.62 bits per heavy atom. The molecule has 5 nitrogen and oxygen atoms in total. The van der Waals surface area contributed by atoms with Crippen molar-refractivity contribution in [2.75, 3.05) is 10.7 Å². The van der Waals surface area contributed by atoms with Crippen molar-refractivity contribution in [2.45, 2.75) is 0 Å². The Bertz CT molecular complexity index is 324. The van der Waals surface area contributed by atoms with E-state index in [4.69, 9.17) is 5.84 Å². The van der Waals surface area contributed by atoms with Crippen LogP contribution in [0.4, 0.5) is 11.4 Å². The molecule has 0 aliphatic heterocycles. The number of hydrazine groups is 1. The highest BCUT2D eigenvalue weighted by molar-refractivity contribution is 6.00. The van der Waals surface area contributed by atoms with Crippen LogP contribution >= 0.6 is 0 Å². The van der Waals surface area contributed by atoms with Crippen molar-refractivity contribution in [3.63, 3.8) is 0 Å². The maximum absolute atomic E-state index is 10.9. The number of carbonyl (C=O) groups is 1. The van der Waals surface area contributed by atoms with Gasteiger partial charge in [-0.25, -0.2) is 0 Å². The number of hydrogen-bond acceptors (Lipinski definition) is 4. The minimum absolute atomic E-state index is 0.301. The number of nitrogen functional groups attached to an aromatic ring is 1. The van der Waals surface area contributed by atoms with E-state index in [0.717, 1.165) is 0 Å². The summed E-state index contributed by atoms with van der Waals surface area (Å²) in [4.78, 5) is 14.8. The summed E-state index contributed by atoms with van der Waals surface area (Å²) in [5, 5.41) is 2.55. The number of nitrogens with two attached hydrogens (primary N) is 1. The normalized spacial score (nSPS) is 9.00. The maximum Gasteiger partial charge on any atom is 0.247 e. The molecule has 0 fully saturated rings. The van der Waals surface area contributed by atoms with Crippen molar-refractivity contribution in [3.05, 3.63) is 31.1 Å². The van der Waals surface area contributed by atoms with Gasteiger partial charge < -0.3 is 10.7 Å². The molecule has 0 saturated heterocycles. The molecule has 1 amide bonds. The van der Waals surface area contributed by atoms with E-state index in [-0.39, 0.29) is 5.91 Å². The maximum atomic E-state index is 10.9. The van der Waals surface area contributed by atoms with Crippen LogP contribution in [0.3, 0.4) is 0 Å². The van der Waals surface area contributed by atoms with Gasteiger partial charge in [0, 0.05) is 6.20 Å². The zero-order valence-corrected chi connectivity index (χ0v) is 6.95. The second-order valence-electron chi connectivity index (χ2n) is 2.26. The zero-order chi connectivity index (χ0) is 9.68. The van der Waals surface area contributed by atoms with E-state index in [9.17, 15) is 4.79 Å². The minimum Gasteiger partial charge on any atom is -0.322 e. The van der Waals surface area contributed by atoms with E-state index < -0.39 is 0 Å². The average Bonchev–Trinajstić information content (AvgIpc) is 2.18. The smallest absolute Gasteiger partial charge is 0.247 e. The van der Waals surface area contributed by atoms with Crippen LogP contribution in [0.1, 0.15) is 0 Å². The van der Waals surface area contributed by atoms with Crippen LogP contribution in [0, 0.1) is 0 Å². The molecule has 0 aliphatic rings. The molecule has 0 aliphatic carbocycles. The number of carbonyl (C=O) groups excluding carboxylic acids is 1. The summed E-state index contributed by atoms with van der Waals surface area (Å²) < 4.78 is 0. The molecule has 13 heavy (non-hydrogen) atoms. The number of hydrogen-bond donors (Lipinski definition) is 3. The van der Waals surface area contributed by atoms with Crippen molar-refractivity contribution < 1.29 is 4.79 Å². The number of pyridine rings is 1. The van der Waals surface area contributed by atoms with Gasteiger partial charge in [-0.1, -0.05) is 6.58 Å². The summed E-state index contributed by atoms with van der Waals surface area (Å²) in [6.07, 6.45) is 4.24. The molecule has 0 aromatic carbocycles. The van der Waals surface area contributed by atoms with E-state index in [1.165, 1.54) is 12.3 Å². The largest absolute Gasteiger partial charge is 0.322 e. The Labute approximate surface area is 75.6 Å². The van der Waals surface area contributed by atoms with Crippen LogP contribution in [0.25, 0.3) is 0 Å². The van der Waals surface area contributed by atoms with Gasteiger partial charge in [0.1, 0.15) is 0 Å². The monoisotopic (exact) mass is 178 g/mol. The first-order valence-corrected chi connectivity index (χ1v) is 3.62. The van der Waals surface area contributed by atoms with Crippen LogP contribution in [-0.2, 0) is 4.79 Å². The third kappa shape index (κ3) is 2.28. The number of anilines is 2. The number of aromatic nitrogens is 1. The van der Waals surface area contributed by atoms with Crippen molar-refractivity contribution in [1.82, 2.24) is 4.98 Å². The van der Waals surface area contributed by atoms with Crippen LogP contribution in [0.2, 0.25) is 0 Å². The molecule has 1 rings (SSSR count). The van der Waals surface area contributed by atoms with E-state index in [0.29, 0.717) is 11.4 Å². The molecule has 1 aromatic heterocycles. The van der Waals surface area contributed by atoms with Gasteiger partial charge in [0.15, 0.2) is 0 Å². The van der Waals surface area contributed by atoms with Gasteiger partial charge in [-0.2, -0.15) is 0 Å². The molecule has 0 radical (unpaired) electrons. The Hall–Kier alpha value is -1.88. The molecule has 1 heterocycles. The Morgan fingerprint density at radius 2 is 2.38 bits per heavy atom. The topological polar surface area (TPSA) is 80.0 Å². The van der Waals surface area contributed by atoms with Gasteiger partial charge in [-0.05, 0) is 12.1 Å². The predicted octanol–water partition coefficient (Wildman–Crippen LogP) is 0.492. The summed E-state index contributed by atoms with van der Waals surface area (Å²) in [6, 6.07) is 1.65. The Kier molecular flexibility index (Phi) is 2.99. The van der Waals surface area contributed by atoms with Crippen molar-refractivity contribution in [1.29, 1.82) is 0 Å². The second kappa shape index (κ2) is 4.22. The molecule has 0 bridgehead atoms. The van der Waals surface area contributed by atoms with Crippen LogP contribution in [0.15, 0.2) is 31.1 Å². The molecule has 5 heteroatoms. The van der Waals surface area contributed by atoms with E-state index in [1.807, 2.05) is 0 Å². The van der Waals surface area contributed by atoms with Gasteiger partial charge in [0.05, 0.1) is 17.6 Å². The molecular weight excluding hydrogens is 168 g/mol. The summed E-state index contributed by atoms with van der Waals surface area (Å²) in [6.45, 7) is 3.33. The van der Waals surface area contributed by atoms with Crippen LogP contribution < -0.4 is 16.6 Å². The first-order chi connectivity index (χ1) is 6.27. The van der Waals surface area contributed by atoms with Crippen LogP contribution in [0.5, 0.6) is 0 Å². The van der Waals surface area contributed by atoms with Gasteiger partial charge in [-0.15, -0.1) is 0 Å². The highest BCUT2D eigenvalue weighted by Gasteiger charge is 2.01. The fourth-order valence-electron chi connectivity index (χ4n) is 0.804. The quantitative estimate of drug-likeness (QED) is 0.357. The first-order valence-electron chi connectivity index (χ1n) is 3.62. The average molecular weight is 178 g/mol. The van der Waals surface area contributed by atoms with E-state index in [2.05, 4.69) is 22.3 Å². The highest BCUT2D eigenvalue weighted by atomic mass is 16.1. The molecule has 1 aromatic rings. The molecule has 0 unspecified atom stereocenters. The lowest BCUT2D eigenvalue weighted by Gasteiger charge is -2.07. The fraction of sp³-hybridized carbons (Fsp3) is 0. The third-order valence-corrected chi connectivity index (χ3v) is 1.42. The van der Waals surface area contributed by atoms with Crippen molar-refractivity contribution >= 4 is 17.3 Å². The fourth-order valence-corrected chi connectivity index (χ4v) is 0.804. The van der Waals surface area contributed by atoms with Gasteiger partial charge in [-0.3, -0.25) is 15.6 Å². The second-order valence-corrected chi connectivity index (χ2v) is 2.26. The molecule has 0 spiro atoms. The molecule has 68 valence electrons. The van der Waals surface area contributed by atoms with Gasteiger partial charge in [0.25, 0.3) is 0 Å². The standard InChI is InChI=1S/C8H10N4O/c1-2-8(13)11-7-5-10-4-3-6(7)12-9/h2-5H,1,9H2,(H,10,12)(H,11,13).